The van der Waals surface area contributed by atoms with Gasteiger partial charge in [0.25, 0.3) is 11.8 Å². The minimum Gasteiger partial charge on any atom is -0.483 e. The maximum Gasteiger partial charge on any atom is 0.262 e. The lowest BCUT2D eigenvalue weighted by atomic mass is 10.1. The number of ether oxygens (including phenoxy) is 1. The SMILES string of the molecule is O=C(COc1ccc2ccccc2c1Br)Nc1ccc(C(=O)N2CCCCC2)cc1. The Labute approximate surface area is 184 Å². The fraction of sp³-hybridized carbons (Fsp3) is 0.250. The van der Waals surface area contributed by atoms with Gasteiger partial charge in [-0.2, -0.15) is 0 Å². The maximum absolute atomic E-state index is 12.5. The molecular weight excluding hydrogens is 444 g/mol. The Morgan fingerprint density at radius 3 is 2.43 bits per heavy atom. The van der Waals surface area contributed by atoms with Gasteiger partial charge in [0, 0.05) is 24.3 Å². The van der Waals surface area contributed by atoms with E-state index in [1.54, 1.807) is 24.3 Å². The van der Waals surface area contributed by atoms with Crippen LogP contribution in [0.4, 0.5) is 5.69 Å². The molecule has 5 nitrogen and oxygen atoms in total. The van der Waals surface area contributed by atoms with Crippen LogP contribution in [0.15, 0.2) is 65.1 Å². The van der Waals surface area contributed by atoms with E-state index in [9.17, 15) is 9.59 Å². The number of carbonyl (C=O) groups is 2. The van der Waals surface area contributed by atoms with Crippen LogP contribution in [0.2, 0.25) is 0 Å². The van der Waals surface area contributed by atoms with Crippen LogP contribution >= 0.6 is 15.9 Å². The monoisotopic (exact) mass is 466 g/mol. The number of piperidine rings is 1. The standard InChI is InChI=1S/C24H23BrN2O3/c25-23-20-7-3-2-6-17(20)10-13-21(23)30-16-22(28)26-19-11-8-18(9-12-19)24(29)27-14-4-1-5-15-27/h2-3,6-13H,1,4-5,14-16H2,(H,26,28). The van der Waals surface area contributed by atoms with Gasteiger partial charge in [0.1, 0.15) is 5.75 Å². The molecule has 0 radical (unpaired) electrons. The molecule has 1 aliphatic heterocycles. The molecule has 0 atom stereocenters. The number of likely N-dealkylation sites (tertiary alicyclic amines) is 1. The second-order valence-electron chi connectivity index (χ2n) is 7.37. The van der Waals surface area contributed by atoms with E-state index in [1.165, 1.54) is 6.42 Å². The minimum absolute atomic E-state index is 0.0528. The molecule has 3 aromatic rings. The number of amides is 2. The second-order valence-corrected chi connectivity index (χ2v) is 8.16. The molecule has 0 aliphatic carbocycles. The quantitative estimate of drug-likeness (QED) is 0.558. The highest BCUT2D eigenvalue weighted by molar-refractivity contribution is 9.10. The lowest BCUT2D eigenvalue weighted by Crippen LogP contribution is -2.35. The number of benzene rings is 3. The van der Waals surface area contributed by atoms with E-state index in [0.717, 1.165) is 41.2 Å². The summed E-state index contributed by atoms with van der Waals surface area (Å²) < 4.78 is 6.53. The van der Waals surface area contributed by atoms with Crippen molar-refractivity contribution < 1.29 is 14.3 Å². The summed E-state index contributed by atoms with van der Waals surface area (Å²) in [4.78, 5) is 26.7. The van der Waals surface area contributed by atoms with E-state index in [4.69, 9.17) is 4.74 Å². The molecule has 0 aromatic heterocycles. The molecule has 1 saturated heterocycles. The highest BCUT2D eigenvalue weighted by Gasteiger charge is 2.18. The van der Waals surface area contributed by atoms with Crippen molar-refractivity contribution in [1.82, 2.24) is 4.90 Å². The number of fused-ring (bicyclic) bond motifs is 1. The summed E-state index contributed by atoms with van der Waals surface area (Å²) in [5, 5.41) is 4.94. The molecule has 1 aliphatic rings. The fourth-order valence-electron chi connectivity index (χ4n) is 3.64. The Hall–Kier alpha value is -2.86. The largest absolute Gasteiger partial charge is 0.483 e. The molecule has 4 rings (SSSR count). The van der Waals surface area contributed by atoms with Crippen LogP contribution in [-0.2, 0) is 4.79 Å². The number of nitrogens with zero attached hydrogens (tertiary/aromatic N) is 1. The predicted octanol–water partition coefficient (Wildman–Crippen LogP) is 5.25. The Morgan fingerprint density at radius 1 is 0.933 bits per heavy atom. The highest BCUT2D eigenvalue weighted by atomic mass is 79.9. The highest BCUT2D eigenvalue weighted by Crippen LogP contribution is 2.33. The van der Waals surface area contributed by atoms with Crippen molar-refractivity contribution in [3.05, 3.63) is 70.7 Å². The van der Waals surface area contributed by atoms with Crippen LogP contribution in [0.25, 0.3) is 10.8 Å². The van der Waals surface area contributed by atoms with Crippen molar-refractivity contribution >= 4 is 44.2 Å². The smallest absolute Gasteiger partial charge is 0.262 e. The first-order valence-corrected chi connectivity index (χ1v) is 10.9. The number of nitrogens with one attached hydrogen (secondary N) is 1. The summed E-state index contributed by atoms with van der Waals surface area (Å²) in [5.74, 6) is 0.411. The van der Waals surface area contributed by atoms with Crippen molar-refractivity contribution in [2.45, 2.75) is 19.3 Å². The molecule has 154 valence electrons. The van der Waals surface area contributed by atoms with Crippen molar-refractivity contribution in [2.75, 3.05) is 25.0 Å². The fourth-order valence-corrected chi connectivity index (χ4v) is 4.25. The Kier molecular flexibility index (Phi) is 6.33. The van der Waals surface area contributed by atoms with Gasteiger partial charge in [-0.1, -0.05) is 30.3 Å². The van der Waals surface area contributed by atoms with Gasteiger partial charge < -0.3 is 15.0 Å². The number of hydrogen-bond acceptors (Lipinski definition) is 3. The van der Waals surface area contributed by atoms with E-state index in [0.29, 0.717) is 17.0 Å². The van der Waals surface area contributed by atoms with Gasteiger partial charge in [-0.05, 0) is 76.3 Å². The maximum atomic E-state index is 12.5. The van der Waals surface area contributed by atoms with Crippen LogP contribution in [0.5, 0.6) is 5.75 Å². The van der Waals surface area contributed by atoms with Gasteiger partial charge in [-0.3, -0.25) is 9.59 Å². The van der Waals surface area contributed by atoms with E-state index in [-0.39, 0.29) is 18.4 Å². The van der Waals surface area contributed by atoms with Gasteiger partial charge in [-0.25, -0.2) is 0 Å². The summed E-state index contributed by atoms with van der Waals surface area (Å²) >= 11 is 3.56. The third-order valence-electron chi connectivity index (χ3n) is 5.25. The van der Waals surface area contributed by atoms with Crippen molar-refractivity contribution in [2.24, 2.45) is 0 Å². The summed E-state index contributed by atoms with van der Waals surface area (Å²) in [6.45, 7) is 1.53. The Bertz CT molecular complexity index is 1060. The summed E-state index contributed by atoms with van der Waals surface area (Å²) in [5.41, 5.74) is 1.28. The van der Waals surface area contributed by atoms with E-state index in [1.807, 2.05) is 41.3 Å². The molecule has 1 N–H and O–H groups in total. The van der Waals surface area contributed by atoms with E-state index >= 15 is 0 Å². The van der Waals surface area contributed by atoms with E-state index in [2.05, 4.69) is 21.2 Å². The predicted molar refractivity (Wildman–Crippen MR) is 122 cm³/mol. The number of halogens is 1. The van der Waals surface area contributed by atoms with E-state index < -0.39 is 0 Å². The molecule has 30 heavy (non-hydrogen) atoms. The molecule has 0 saturated carbocycles. The third-order valence-corrected chi connectivity index (χ3v) is 6.06. The Morgan fingerprint density at radius 2 is 1.67 bits per heavy atom. The molecule has 1 heterocycles. The van der Waals surface area contributed by atoms with Crippen molar-refractivity contribution in [3.8, 4) is 5.75 Å². The average molecular weight is 467 g/mol. The summed E-state index contributed by atoms with van der Waals surface area (Å²) in [6.07, 6.45) is 3.31. The first-order valence-electron chi connectivity index (χ1n) is 10.1. The Balaban J connectivity index is 1.34. The second kappa shape index (κ2) is 9.30. The molecule has 0 spiro atoms. The normalized spacial score (nSPS) is 13.8. The number of anilines is 1. The van der Waals surface area contributed by atoms with Crippen molar-refractivity contribution in [1.29, 1.82) is 0 Å². The van der Waals surface area contributed by atoms with Crippen LogP contribution in [0, 0.1) is 0 Å². The molecule has 6 heteroatoms. The zero-order chi connectivity index (χ0) is 20.9. The van der Waals surface area contributed by atoms with Gasteiger partial charge in [0.05, 0.1) is 4.47 Å². The number of rotatable bonds is 5. The van der Waals surface area contributed by atoms with Gasteiger partial charge in [0.2, 0.25) is 0 Å². The molecular formula is C24H23BrN2O3. The minimum atomic E-state index is -0.259. The molecule has 2 amide bonds. The summed E-state index contributed by atoms with van der Waals surface area (Å²) in [7, 11) is 0. The topological polar surface area (TPSA) is 58.6 Å². The van der Waals surface area contributed by atoms with Gasteiger partial charge >= 0.3 is 0 Å². The lowest BCUT2D eigenvalue weighted by Gasteiger charge is -2.26. The molecule has 1 fully saturated rings. The summed E-state index contributed by atoms with van der Waals surface area (Å²) in [6, 6.07) is 18.8. The van der Waals surface area contributed by atoms with Crippen LogP contribution in [-0.4, -0.2) is 36.4 Å². The molecule has 3 aromatic carbocycles. The molecule has 0 unspecified atom stereocenters. The first-order chi connectivity index (χ1) is 14.6. The van der Waals surface area contributed by atoms with Crippen LogP contribution in [0.1, 0.15) is 29.6 Å². The van der Waals surface area contributed by atoms with Gasteiger partial charge in [-0.15, -0.1) is 0 Å². The first kappa shape index (κ1) is 20.4. The zero-order valence-corrected chi connectivity index (χ0v) is 18.2. The van der Waals surface area contributed by atoms with Crippen LogP contribution in [0.3, 0.4) is 0 Å². The molecule has 0 bridgehead atoms. The average Bonchev–Trinajstić information content (AvgIpc) is 2.79. The third kappa shape index (κ3) is 4.65. The lowest BCUT2D eigenvalue weighted by molar-refractivity contribution is -0.118. The zero-order valence-electron chi connectivity index (χ0n) is 16.6. The van der Waals surface area contributed by atoms with Crippen molar-refractivity contribution in [3.63, 3.8) is 0 Å². The van der Waals surface area contributed by atoms with Crippen LogP contribution < -0.4 is 10.1 Å². The number of carbonyl (C=O) groups excluding carboxylic acids is 2. The van der Waals surface area contributed by atoms with Gasteiger partial charge in [0.15, 0.2) is 6.61 Å². The number of hydrogen-bond donors (Lipinski definition) is 1.